The van der Waals surface area contributed by atoms with Crippen molar-refractivity contribution in [2.75, 3.05) is 23.1 Å². The lowest BCUT2D eigenvalue weighted by Crippen LogP contribution is -2.47. The highest BCUT2D eigenvalue weighted by molar-refractivity contribution is 14.1. The fourth-order valence-electron chi connectivity index (χ4n) is 2.90. The topological polar surface area (TPSA) is 81.7 Å². The molecule has 1 aliphatic heterocycles. The van der Waals surface area contributed by atoms with Crippen molar-refractivity contribution in [2.45, 2.75) is 25.4 Å². The Kier molecular flexibility index (Phi) is 6.59. The molecular weight excluding hydrogens is 539 g/mol. The molecule has 0 aliphatic carbocycles. The second-order valence-electron chi connectivity index (χ2n) is 7.04. The summed E-state index contributed by atoms with van der Waals surface area (Å²) in [4.78, 5) is 0. The number of benzene rings is 2. The smallest absolute Gasteiger partial charge is 0.301 e. The first-order valence-electron chi connectivity index (χ1n) is 8.69. The Balaban J connectivity index is 1.90. The minimum atomic E-state index is -4.04. The van der Waals surface area contributed by atoms with Gasteiger partial charge in [0.15, 0.2) is 11.6 Å². The molecule has 11 heteroatoms. The molecule has 29 heavy (non-hydrogen) atoms. The van der Waals surface area contributed by atoms with Crippen LogP contribution in [0.3, 0.4) is 0 Å². The predicted octanol–water partition coefficient (Wildman–Crippen LogP) is 4.47. The van der Waals surface area contributed by atoms with Crippen LogP contribution in [0, 0.1) is 15.2 Å². The fourth-order valence-corrected chi connectivity index (χ4v) is 5.04. The minimum absolute atomic E-state index is 0.109. The first-order valence-corrected chi connectivity index (χ1v) is 11.6. The van der Waals surface area contributed by atoms with Crippen LogP contribution in [0.25, 0.3) is 0 Å². The Labute approximate surface area is 186 Å². The zero-order chi connectivity index (χ0) is 21.4. The van der Waals surface area contributed by atoms with E-state index < -0.39 is 27.4 Å². The summed E-state index contributed by atoms with van der Waals surface area (Å²) in [7, 11) is -4.04. The fraction of sp³-hybridized carbons (Fsp3) is 0.333. The van der Waals surface area contributed by atoms with Gasteiger partial charge in [-0.15, -0.1) is 0 Å². The number of anilines is 3. The number of nitrogens with one attached hydrogen (secondary N) is 2. The molecule has 0 bridgehead atoms. The summed E-state index contributed by atoms with van der Waals surface area (Å²) < 4.78 is 58.1. The molecule has 6 nitrogen and oxygen atoms in total. The van der Waals surface area contributed by atoms with E-state index in [9.17, 15) is 22.3 Å². The molecule has 1 fully saturated rings. The Morgan fingerprint density at radius 3 is 2.41 bits per heavy atom. The molecule has 0 unspecified atom stereocenters. The normalized spacial score (nSPS) is 17.2. The molecule has 0 saturated carbocycles. The van der Waals surface area contributed by atoms with Gasteiger partial charge in [-0.2, -0.15) is 12.7 Å². The maximum Gasteiger partial charge on any atom is 0.301 e. The molecule has 1 heterocycles. The third-order valence-corrected chi connectivity index (χ3v) is 7.17. The van der Waals surface area contributed by atoms with Crippen LogP contribution in [-0.4, -0.2) is 36.5 Å². The van der Waals surface area contributed by atoms with Crippen LogP contribution in [0.4, 0.5) is 25.8 Å². The first-order chi connectivity index (χ1) is 13.5. The van der Waals surface area contributed by atoms with E-state index in [1.54, 1.807) is 25.1 Å². The zero-order valence-corrected chi connectivity index (χ0v) is 19.1. The quantitative estimate of drug-likeness (QED) is 0.474. The van der Waals surface area contributed by atoms with Crippen molar-refractivity contribution in [3.05, 3.63) is 50.6 Å². The van der Waals surface area contributed by atoms with Gasteiger partial charge < -0.3 is 10.4 Å². The predicted molar refractivity (Wildman–Crippen MR) is 118 cm³/mol. The molecule has 2 aromatic carbocycles. The van der Waals surface area contributed by atoms with Gasteiger partial charge in [-0.3, -0.25) is 4.72 Å². The molecule has 0 aromatic heterocycles. The molecule has 0 radical (unpaired) electrons. The lowest BCUT2D eigenvalue weighted by molar-refractivity contribution is 0.0127. The number of hydrogen-bond acceptors (Lipinski definition) is 4. The van der Waals surface area contributed by atoms with E-state index in [1.165, 1.54) is 0 Å². The molecule has 158 valence electrons. The van der Waals surface area contributed by atoms with Crippen molar-refractivity contribution < 1.29 is 22.3 Å². The Morgan fingerprint density at radius 2 is 1.79 bits per heavy atom. The maximum absolute atomic E-state index is 14.5. The van der Waals surface area contributed by atoms with Crippen LogP contribution in [-0.2, 0) is 10.2 Å². The summed E-state index contributed by atoms with van der Waals surface area (Å²) in [6.07, 6.45) is 0.546. The average Bonchev–Trinajstić information content (AvgIpc) is 2.62. The van der Waals surface area contributed by atoms with Crippen molar-refractivity contribution in [3.63, 3.8) is 0 Å². The van der Waals surface area contributed by atoms with Crippen LogP contribution in [0.1, 0.15) is 19.8 Å². The Morgan fingerprint density at radius 1 is 1.17 bits per heavy atom. The van der Waals surface area contributed by atoms with Gasteiger partial charge in [0, 0.05) is 16.7 Å². The number of aliphatic hydroxyl groups is 1. The highest BCUT2D eigenvalue weighted by atomic mass is 127. The summed E-state index contributed by atoms with van der Waals surface area (Å²) >= 11 is 8.21. The Hall–Kier alpha value is -1.21. The van der Waals surface area contributed by atoms with Crippen LogP contribution in [0.5, 0.6) is 0 Å². The monoisotopic (exact) mass is 557 g/mol. The molecule has 1 aliphatic rings. The summed E-state index contributed by atoms with van der Waals surface area (Å²) in [5, 5.41) is 13.0. The molecular formula is C18H19ClF2IN3O3S. The lowest BCUT2D eigenvalue weighted by Gasteiger charge is -2.35. The third-order valence-electron chi connectivity index (χ3n) is 4.66. The molecule has 2 aromatic rings. The number of nitrogens with zero attached hydrogens (tertiary/aromatic N) is 1. The van der Waals surface area contributed by atoms with Gasteiger partial charge in [0.25, 0.3) is 0 Å². The van der Waals surface area contributed by atoms with Gasteiger partial charge >= 0.3 is 10.2 Å². The van der Waals surface area contributed by atoms with E-state index >= 15 is 0 Å². The van der Waals surface area contributed by atoms with Gasteiger partial charge in [-0.05, 0) is 72.7 Å². The minimum Gasteiger partial charge on any atom is -0.390 e. The highest BCUT2D eigenvalue weighted by Gasteiger charge is 2.33. The number of halogens is 4. The number of rotatable bonds is 5. The van der Waals surface area contributed by atoms with Gasteiger partial charge in [-0.25, -0.2) is 8.78 Å². The van der Waals surface area contributed by atoms with E-state index in [0.29, 0.717) is 5.69 Å². The van der Waals surface area contributed by atoms with Gasteiger partial charge in [0.1, 0.15) is 5.69 Å². The SMILES string of the molecule is CC1(O)CCN(S(=O)(=O)Nc2ccc(F)c(F)c2Nc2ccc(I)cc2Cl)CC1. The van der Waals surface area contributed by atoms with Gasteiger partial charge in [0.05, 0.1) is 22.0 Å². The second-order valence-corrected chi connectivity index (χ2v) is 10.4. The summed E-state index contributed by atoms with van der Waals surface area (Å²) in [5.74, 6) is -2.37. The first kappa shape index (κ1) is 22.5. The van der Waals surface area contributed by atoms with Crippen molar-refractivity contribution in [2.24, 2.45) is 0 Å². The van der Waals surface area contributed by atoms with E-state index in [4.69, 9.17) is 11.6 Å². The van der Waals surface area contributed by atoms with Gasteiger partial charge in [-0.1, -0.05) is 11.6 Å². The number of hydrogen-bond donors (Lipinski definition) is 3. The van der Waals surface area contributed by atoms with E-state index in [0.717, 1.165) is 20.0 Å². The van der Waals surface area contributed by atoms with Crippen molar-refractivity contribution >= 4 is 61.5 Å². The lowest BCUT2D eigenvalue weighted by atomic mass is 9.95. The van der Waals surface area contributed by atoms with Crippen LogP contribution >= 0.6 is 34.2 Å². The van der Waals surface area contributed by atoms with Crippen LogP contribution in [0.15, 0.2) is 30.3 Å². The Bertz CT molecular complexity index is 1030. The van der Waals surface area contributed by atoms with Gasteiger partial charge in [0.2, 0.25) is 0 Å². The largest absolute Gasteiger partial charge is 0.390 e. The van der Waals surface area contributed by atoms with E-state index in [1.807, 2.05) is 0 Å². The summed E-state index contributed by atoms with van der Waals surface area (Å²) in [6, 6.07) is 6.91. The molecule has 3 N–H and O–H groups in total. The summed E-state index contributed by atoms with van der Waals surface area (Å²) in [5.41, 5.74) is -1.16. The van der Waals surface area contributed by atoms with Crippen molar-refractivity contribution in [1.82, 2.24) is 4.31 Å². The van der Waals surface area contributed by atoms with Crippen LogP contribution < -0.4 is 10.0 Å². The second kappa shape index (κ2) is 8.50. The van der Waals surface area contributed by atoms with E-state index in [2.05, 4.69) is 32.6 Å². The number of piperidine rings is 1. The maximum atomic E-state index is 14.5. The molecule has 0 atom stereocenters. The molecule has 0 amide bonds. The van der Waals surface area contributed by atoms with E-state index in [-0.39, 0.29) is 42.3 Å². The van der Waals surface area contributed by atoms with Crippen molar-refractivity contribution in [3.8, 4) is 0 Å². The third kappa shape index (κ3) is 5.29. The van der Waals surface area contributed by atoms with Crippen molar-refractivity contribution in [1.29, 1.82) is 0 Å². The van der Waals surface area contributed by atoms with Crippen LogP contribution in [0.2, 0.25) is 5.02 Å². The highest BCUT2D eigenvalue weighted by Crippen LogP contribution is 2.35. The average molecular weight is 558 g/mol. The molecule has 1 saturated heterocycles. The molecule has 0 spiro atoms. The summed E-state index contributed by atoms with van der Waals surface area (Å²) in [6.45, 7) is 1.86. The molecule has 3 rings (SSSR count). The zero-order valence-electron chi connectivity index (χ0n) is 15.3. The standard InChI is InChI=1S/C18H19ClF2IN3O3S/c1-18(26)6-8-25(9-7-18)29(27,28)24-15-5-3-13(20)16(21)17(15)23-14-4-2-11(22)10-12(14)19/h2-5,10,23-24,26H,6-9H2,1H3.